The molecule has 0 aromatic rings. The minimum Gasteiger partial charge on any atom is -0.394 e. The van der Waals surface area contributed by atoms with Crippen molar-refractivity contribution in [2.45, 2.75) is 38.1 Å². The van der Waals surface area contributed by atoms with Gasteiger partial charge in [-0.1, -0.05) is 0 Å². The molecule has 6 nitrogen and oxygen atoms in total. The summed E-state index contributed by atoms with van der Waals surface area (Å²) in [6, 6.07) is 1.99. The normalized spacial score (nSPS) is 20.6. The lowest BCUT2D eigenvalue weighted by atomic mass is 10.0. The van der Waals surface area contributed by atoms with Gasteiger partial charge in [0.25, 0.3) is 0 Å². The molecule has 1 heterocycles. The molecular weight excluding hydrogens is 278 g/mol. The maximum Gasteiger partial charge on any atom is 0.237 e. The van der Waals surface area contributed by atoms with E-state index in [-0.39, 0.29) is 17.9 Å². The van der Waals surface area contributed by atoms with Gasteiger partial charge in [0, 0.05) is 13.0 Å². The molecular formula is C13H21N3O3S. The summed E-state index contributed by atoms with van der Waals surface area (Å²) >= 11 is 1.46. The number of nitrogens with one attached hydrogen (secondary N) is 1. The van der Waals surface area contributed by atoms with Crippen LogP contribution >= 0.6 is 11.8 Å². The van der Waals surface area contributed by atoms with E-state index >= 15 is 0 Å². The predicted octanol–water partition coefficient (Wildman–Crippen LogP) is 0.325. The number of thioether (sulfide) groups is 1. The summed E-state index contributed by atoms with van der Waals surface area (Å²) in [6.07, 6.45) is 0.314. The molecule has 112 valence electrons. The lowest BCUT2D eigenvalue weighted by molar-refractivity contribution is -0.129. The Morgan fingerprint density at radius 2 is 2.35 bits per heavy atom. The highest BCUT2D eigenvalue weighted by Crippen LogP contribution is 2.29. The van der Waals surface area contributed by atoms with Crippen LogP contribution in [-0.2, 0) is 9.59 Å². The van der Waals surface area contributed by atoms with Gasteiger partial charge in [-0.25, -0.2) is 0 Å². The molecule has 1 fully saturated rings. The second kappa shape index (κ2) is 6.95. The van der Waals surface area contributed by atoms with Gasteiger partial charge in [0.15, 0.2) is 0 Å². The summed E-state index contributed by atoms with van der Waals surface area (Å²) < 4.78 is 0. The monoisotopic (exact) mass is 299 g/mol. The number of carbonyl (C=O) groups is 2. The zero-order valence-electron chi connectivity index (χ0n) is 12.0. The minimum absolute atomic E-state index is 0.0512. The smallest absolute Gasteiger partial charge is 0.237 e. The Kier molecular flexibility index (Phi) is 5.84. The lowest BCUT2D eigenvalue weighted by Gasteiger charge is -2.27. The predicted molar refractivity (Wildman–Crippen MR) is 76.7 cm³/mol. The molecule has 7 heteroatoms. The van der Waals surface area contributed by atoms with Crippen molar-refractivity contribution in [3.63, 3.8) is 0 Å². The van der Waals surface area contributed by atoms with E-state index in [1.54, 1.807) is 18.7 Å². The highest BCUT2D eigenvalue weighted by atomic mass is 32.2. The van der Waals surface area contributed by atoms with Crippen molar-refractivity contribution in [1.29, 1.82) is 5.26 Å². The largest absolute Gasteiger partial charge is 0.394 e. The first-order valence-corrected chi connectivity index (χ1v) is 7.63. The number of nitrogens with zero attached hydrogens (tertiary/aromatic N) is 2. The van der Waals surface area contributed by atoms with Crippen molar-refractivity contribution in [3.8, 4) is 6.07 Å². The van der Waals surface area contributed by atoms with E-state index in [9.17, 15) is 9.59 Å². The highest BCUT2D eigenvalue weighted by Gasteiger charge is 2.35. The van der Waals surface area contributed by atoms with Gasteiger partial charge < -0.3 is 15.3 Å². The second-order valence-electron chi connectivity index (χ2n) is 5.39. The van der Waals surface area contributed by atoms with Crippen LogP contribution in [0.25, 0.3) is 0 Å². The Bertz CT molecular complexity index is 420. The summed E-state index contributed by atoms with van der Waals surface area (Å²) in [7, 11) is 0. The van der Waals surface area contributed by atoms with Crippen LogP contribution in [0.4, 0.5) is 0 Å². The molecule has 2 unspecified atom stereocenters. The molecule has 2 atom stereocenters. The molecule has 0 radical (unpaired) electrons. The third-order valence-electron chi connectivity index (χ3n) is 3.17. The first kappa shape index (κ1) is 16.8. The fourth-order valence-electron chi connectivity index (χ4n) is 1.96. The highest BCUT2D eigenvalue weighted by molar-refractivity contribution is 8.00. The Morgan fingerprint density at radius 3 is 2.85 bits per heavy atom. The van der Waals surface area contributed by atoms with Gasteiger partial charge in [0.1, 0.15) is 5.92 Å². The van der Waals surface area contributed by atoms with Crippen LogP contribution in [-0.4, -0.2) is 51.6 Å². The SMILES string of the molecule is CCN1C(=O)CSC1CC(C#N)C(=O)NC(C)(C)CO. The lowest BCUT2D eigenvalue weighted by Crippen LogP contribution is -2.49. The van der Waals surface area contributed by atoms with Gasteiger partial charge in [-0.3, -0.25) is 9.59 Å². The fraction of sp³-hybridized carbons (Fsp3) is 0.769. The molecule has 2 N–H and O–H groups in total. The van der Waals surface area contributed by atoms with Crippen LogP contribution in [0, 0.1) is 17.2 Å². The third kappa shape index (κ3) is 4.12. The van der Waals surface area contributed by atoms with Gasteiger partial charge in [0.2, 0.25) is 11.8 Å². The van der Waals surface area contributed by atoms with E-state index < -0.39 is 17.4 Å². The van der Waals surface area contributed by atoms with Gasteiger partial charge in [-0.2, -0.15) is 5.26 Å². The van der Waals surface area contributed by atoms with Crippen molar-refractivity contribution < 1.29 is 14.7 Å². The van der Waals surface area contributed by atoms with Crippen LogP contribution in [0.5, 0.6) is 0 Å². The first-order chi connectivity index (χ1) is 9.34. The van der Waals surface area contributed by atoms with Crippen LogP contribution < -0.4 is 5.32 Å². The molecule has 0 saturated carbocycles. The van der Waals surface area contributed by atoms with E-state index in [1.807, 2.05) is 13.0 Å². The standard InChI is InChI=1S/C13H21N3O3S/c1-4-16-10(18)7-20-11(16)5-9(6-14)12(19)15-13(2,3)8-17/h9,11,17H,4-5,7-8H2,1-3H3,(H,15,19). The summed E-state index contributed by atoms with van der Waals surface area (Å²) in [5.41, 5.74) is -0.755. The van der Waals surface area contributed by atoms with Crippen LogP contribution in [0.15, 0.2) is 0 Å². The molecule has 0 aliphatic carbocycles. The molecule has 1 aliphatic heterocycles. The molecule has 0 bridgehead atoms. The van der Waals surface area contributed by atoms with E-state index in [2.05, 4.69) is 5.32 Å². The van der Waals surface area contributed by atoms with Gasteiger partial charge in [-0.15, -0.1) is 11.8 Å². The number of hydrogen-bond acceptors (Lipinski definition) is 5. The van der Waals surface area contributed by atoms with Crippen LogP contribution in [0.3, 0.4) is 0 Å². The Hall–Kier alpha value is -1.26. The number of carbonyl (C=O) groups excluding carboxylic acids is 2. The third-order valence-corrected chi connectivity index (χ3v) is 4.42. The molecule has 1 rings (SSSR count). The summed E-state index contributed by atoms with van der Waals surface area (Å²) in [6.45, 7) is 5.64. The molecule has 0 aromatic carbocycles. The van der Waals surface area contributed by atoms with Crippen LogP contribution in [0.2, 0.25) is 0 Å². The number of aliphatic hydroxyl groups excluding tert-OH is 1. The zero-order chi connectivity index (χ0) is 15.3. The maximum absolute atomic E-state index is 12.1. The molecule has 20 heavy (non-hydrogen) atoms. The molecule has 1 saturated heterocycles. The van der Waals surface area contributed by atoms with Crippen molar-refractivity contribution in [2.75, 3.05) is 18.9 Å². The van der Waals surface area contributed by atoms with E-state index in [4.69, 9.17) is 10.4 Å². The average molecular weight is 299 g/mol. The maximum atomic E-state index is 12.1. The molecule has 0 aromatic heterocycles. The van der Waals surface area contributed by atoms with E-state index in [0.29, 0.717) is 18.7 Å². The molecule has 1 aliphatic rings. The van der Waals surface area contributed by atoms with E-state index in [0.717, 1.165) is 0 Å². The second-order valence-corrected chi connectivity index (χ2v) is 6.56. The summed E-state index contributed by atoms with van der Waals surface area (Å²) in [5, 5.41) is 20.8. The van der Waals surface area contributed by atoms with Crippen molar-refractivity contribution >= 4 is 23.6 Å². The average Bonchev–Trinajstić information content (AvgIpc) is 2.75. The van der Waals surface area contributed by atoms with Crippen molar-refractivity contribution in [2.24, 2.45) is 5.92 Å². The number of aliphatic hydroxyl groups is 1. The molecule has 2 amide bonds. The number of rotatable bonds is 6. The minimum atomic E-state index is -0.821. The zero-order valence-corrected chi connectivity index (χ0v) is 12.9. The van der Waals surface area contributed by atoms with Crippen molar-refractivity contribution in [3.05, 3.63) is 0 Å². The van der Waals surface area contributed by atoms with Gasteiger partial charge in [0.05, 0.1) is 29.3 Å². The Balaban J connectivity index is 2.66. The fourth-order valence-corrected chi connectivity index (χ4v) is 3.23. The number of amides is 2. The number of nitriles is 1. The summed E-state index contributed by atoms with van der Waals surface area (Å²) in [4.78, 5) is 25.4. The van der Waals surface area contributed by atoms with Gasteiger partial charge >= 0.3 is 0 Å². The quantitative estimate of drug-likeness (QED) is 0.737. The number of hydrogen-bond donors (Lipinski definition) is 2. The Morgan fingerprint density at radius 1 is 1.70 bits per heavy atom. The van der Waals surface area contributed by atoms with E-state index in [1.165, 1.54) is 11.8 Å². The van der Waals surface area contributed by atoms with Crippen LogP contribution in [0.1, 0.15) is 27.2 Å². The molecule has 0 spiro atoms. The summed E-state index contributed by atoms with van der Waals surface area (Å²) in [5.74, 6) is -0.767. The Labute approximate surface area is 123 Å². The topological polar surface area (TPSA) is 93.4 Å². The van der Waals surface area contributed by atoms with Gasteiger partial charge in [-0.05, 0) is 20.8 Å². The van der Waals surface area contributed by atoms with Crippen molar-refractivity contribution in [1.82, 2.24) is 10.2 Å². The first-order valence-electron chi connectivity index (χ1n) is 6.58.